The third-order valence-electron chi connectivity index (χ3n) is 3.87. The molecule has 1 aliphatic carbocycles. The van der Waals surface area contributed by atoms with Gasteiger partial charge >= 0.3 is 5.97 Å². The highest BCUT2D eigenvalue weighted by Crippen LogP contribution is 2.31. The Morgan fingerprint density at radius 3 is 2.65 bits per heavy atom. The van der Waals surface area contributed by atoms with Gasteiger partial charge in [0.05, 0.1) is 12.7 Å². The first-order valence-corrected chi connectivity index (χ1v) is 6.72. The van der Waals surface area contributed by atoms with E-state index in [0.29, 0.717) is 5.75 Å². The molecule has 0 unspecified atom stereocenters. The van der Waals surface area contributed by atoms with Crippen molar-refractivity contribution in [2.24, 2.45) is 0 Å². The van der Waals surface area contributed by atoms with Crippen LogP contribution in [0.2, 0.25) is 0 Å². The molecular formula is C17H16O3. The number of ether oxygens (including phenoxy) is 1. The minimum atomic E-state index is -0.931. The van der Waals surface area contributed by atoms with Crippen LogP contribution in [0.15, 0.2) is 36.4 Å². The van der Waals surface area contributed by atoms with Crippen LogP contribution in [0.3, 0.4) is 0 Å². The number of aryl methyl sites for hydroxylation is 2. The Hall–Kier alpha value is -2.29. The van der Waals surface area contributed by atoms with Gasteiger partial charge in [-0.25, -0.2) is 4.79 Å². The molecular weight excluding hydrogens is 252 g/mol. The van der Waals surface area contributed by atoms with Gasteiger partial charge in [0.15, 0.2) is 0 Å². The third-order valence-corrected chi connectivity index (χ3v) is 3.87. The van der Waals surface area contributed by atoms with Gasteiger partial charge in [-0.2, -0.15) is 0 Å². The minimum absolute atomic E-state index is 0.280. The van der Waals surface area contributed by atoms with Gasteiger partial charge in [-0.1, -0.05) is 18.2 Å². The normalized spacial score (nSPS) is 13.1. The molecule has 0 saturated carbocycles. The van der Waals surface area contributed by atoms with Gasteiger partial charge in [-0.05, 0) is 59.7 Å². The van der Waals surface area contributed by atoms with Crippen molar-refractivity contribution >= 4 is 5.97 Å². The number of hydrogen-bond donors (Lipinski definition) is 1. The van der Waals surface area contributed by atoms with Gasteiger partial charge in [0.2, 0.25) is 0 Å². The second-order valence-electron chi connectivity index (χ2n) is 5.05. The number of benzene rings is 2. The molecule has 20 heavy (non-hydrogen) atoms. The fraction of sp³-hybridized carbons (Fsp3) is 0.235. The van der Waals surface area contributed by atoms with Crippen molar-refractivity contribution < 1.29 is 14.6 Å². The Kier molecular flexibility index (Phi) is 3.18. The van der Waals surface area contributed by atoms with E-state index in [4.69, 9.17) is 4.74 Å². The average molecular weight is 268 g/mol. The summed E-state index contributed by atoms with van der Waals surface area (Å²) in [5.41, 5.74) is 4.72. The van der Waals surface area contributed by atoms with Gasteiger partial charge in [-0.15, -0.1) is 0 Å². The quantitative estimate of drug-likeness (QED) is 0.926. The third kappa shape index (κ3) is 2.16. The highest BCUT2D eigenvalue weighted by molar-refractivity contribution is 5.96. The first-order valence-electron chi connectivity index (χ1n) is 6.72. The SMILES string of the molecule is COc1ccc(-c2ccc3c(c2)CCC3)c(C(=O)O)c1. The van der Waals surface area contributed by atoms with E-state index in [1.54, 1.807) is 12.1 Å². The van der Waals surface area contributed by atoms with Crippen LogP contribution in [0, 0.1) is 0 Å². The van der Waals surface area contributed by atoms with Gasteiger partial charge < -0.3 is 9.84 Å². The van der Waals surface area contributed by atoms with E-state index in [2.05, 4.69) is 12.1 Å². The zero-order chi connectivity index (χ0) is 14.1. The summed E-state index contributed by atoms with van der Waals surface area (Å²) in [6.45, 7) is 0. The predicted octanol–water partition coefficient (Wildman–Crippen LogP) is 3.55. The maximum atomic E-state index is 11.4. The van der Waals surface area contributed by atoms with Crippen molar-refractivity contribution in [1.29, 1.82) is 0 Å². The van der Waals surface area contributed by atoms with Crippen molar-refractivity contribution in [3.05, 3.63) is 53.1 Å². The van der Waals surface area contributed by atoms with E-state index in [0.717, 1.165) is 24.0 Å². The number of rotatable bonds is 3. The molecule has 0 spiro atoms. The number of carboxylic acid groups (broad SMARTS) is 1. The Labute approximate surface area is 117 Å². The summed E-state index contributed by atoms with van der Waals surface area (Å²) in [6, 6.07) is 11.4. The summed E-state index contributed by atoms with van der Waals surface area (Å²) in [4.78, 5) is 11.4. The fourth-order valence-electron chi connectivity index (χ4n) is 2.82. The second-order valence-corrected chi connectivity index (χ2v) is 5.05. The van der Waals surface area contributed by atoms with Crippen LogP contribution in [-0.4, -0.2) is 18.2 Å². The molecule has 102 valence electrons. The highest BCUT2D eigenvalue weighted by atomic mass is 16.5. The van der Waals surface area contributed by atoms with E-state index in [9.17, 15) is 9.90 Å². The molecule has 0 atom stereocenters. The predicted molar refractivity (Wildman–Crippen MR) is 77.4 cm³/mol. The fourth-order valence-corrected chi connectivity index (χ4v) is 2.82. The van der Waals surface area contributed by atoms with Crippen LogP contribution >= 0.6 is 0 Å². The molecule has 2 aromatic carbocycles. The van der Waals surface area contributed by atoms with Crippen molar-refractivity contribution in [2.75, 3.05) is 7.11 Å². The van der Waals surface area contributed by atoms with Gasteiger partial charge in [0.25, 0.3) is 0 Å². The number of methoxy groups -OCH3 is 1. The van der Waals surface area contributed by atoms with E-state index in [1.807, 2.05) is 12.1 Å². The number of carbonyl (C=O) groups is 1. The standard InChI is InChI=1S/C17H16O3/c1-20-14-7-8-15(16(10-14)17(18)19)13-6-5-11-3-2-4-12(11)9-13/h5-10H,2-4H2,1H3,(H,18,19). The maximum absolute atomic E-state index is 11.4. The summed E-state index contributed by atoms with van der Waals surface area (Å²) in [5, 5.41) is 9.38. The number of fused-ring (bicyclic) bond motifs is 1. The summed E-state index contributed by atoms with van der Waals surface area (Å²) in [6.07, 6.45) is 3.40. The molecule has 3 rings (SSSR count). The minimum Gasteiger partial charge on any atom is -0.497 e. The van der Waals surface area contributed by atoms with Crippen molar-refractivity contribution in [1.82, 2.24) is 0 Å². The topological polar surface area (TPSA) is 46.5 Å². The maximum Gasteiger partial charge on any atom is 0.336 e. The molecule has 0 amide bonds. The molecule has 3 nitrogen and oxygen atoms in total. The molecule has 0 radical (unpaired) electrons. The van der Waals surface area contributed by atoms with E-state index >= 15 is 0 Å². The molecule has 0 aromatic heterocycles. The van der Waals surface area contributed by atoms with Crippen molar-refractivity contribution in [3.63, 3.8) is 0 Å². The van der Waals surface area contributed by atoms with Crippen LogP contribution in [0.4, 0.5) is 0 Å². The summed E-state index contributed by atoms with van der Waals surface area (Å²) in [7, 11) is 1.54. The van der Waals surface area contributed by atoms with Crippen molar-refractivity contribution in [3.8, 4) is 16.9 Å². The van der Waals surface area contributed by atoms with Gasteiger partial charge in [0.1, 0.15) is 5.75 Å². The molecule has 0 saturated heterocycles. The number of aromatic carboxylic acids is 1. The van der Waals surface area contributed by atoms with Crippen molar-refractivity contribution in [2.45, 2.75) is 19.3 Å². The second kappa shape index (κ2) is 5.00. The van der Waals surface area contributed by atoms with Crippen LogP contribution in [-0.2, 0) is 12.8 Å². The smallest absolute Gasteiger partial charge is 0.336 e. The zero-order valence-electron chi connectivity index (χ0n) is 11.3. The lowest BCUT2D eigenvalue weighted by molar-refractivity contribution is 0.0697. The lowest BCUT2D eigenvalue weighted by atomic mass is 9.96. The van der Waals surface area contributed by atoms with Crippen LogP contribution < -0.4 is 4.74 Å². The first kappa shape index (κ1) is 12.7. The molecule has 0 aliphatic heterocycles. The van der Waals surface area contributed by atoms with Crippen LogP contribution in [0.5, 0.6) is 5.75 Å². The van der Waals surface area contributed by atoms with Crippen LogP contribution in [0.1, 0.15) is 27.9 Å². The first-order chi connectivity index (χ1) is 9.69. The van der Waals surface area contributed by atoms with Gasteiger partial charge in [-0.3, -0.25) is 0 Å². The molecule has 1 aliphatic rings. The Morgan fingerprint density at radius 2 is 1.90 bits per heavy atom. The van der Waals surface area contributed by atoms with E-state index < -0.39 is 5.97 Å². The monoisotopic (exact) mass is 268 g/mol. The average Bonchev–Trinajstić information content (AvgIpc) is 2.93. The summed E-state index contributed by atoms with van der Waals surface area (Å²) in [5.74, 6) is -0.369. The molecule has 0 heterocycles. The van der Waals surface area contributed by atoms with Crippen LogP contribution in [0.25, 0.3) is 11.1 Å². The molecule has 2 aromatic rings. The number of carboxylic acids is 1. The highest BCUT2D eigenvalue weighted by Gasteiger charge is 2.16. The molecule has 3 heteroatoms. The summed E-state index contributed by atoms with van der Waals surface area (Å²) >= 11 is 0. The summed E-state index contributed by atoms with van der Waals surface area (Å²) < 4.78 is 5.11. The largest absolute Gasteiger partial charge is 0.497 e. The Bertz CT molecular complexity index is 674. The molecule has 0 fully saturated rings. The van der Waals surface area contributed by atoms with E-state index in [1.165, 1.54) is 24.7 Å². The Balaban J connectivity index is 2.11. The van der Waals surface area contributed by atoms with E-state index in [-0.39, 0.29) is 5.56 Å². The van der Waals surface area contributed by atoms with Gasteiger partial charge in [0, 0.05) is 0 Å². The Morgan fingerprint density at radius 1 is 1.10 bits per heavy atom. The zero-order valence-corrected chi connectivity index (χ0v) is 11.3. The lowest BCUT2D eigenvalue weighted by Crippen LogP contribution is -2.00. The molecule has 1 N–H and O–H groups in total. The molecule has 0 bridgehead atoms. The number of hydrogen-bond acceptors (Lipinski definition) is 2. The lowest BCUT2D eigenvalue weighted by Gasteiger charge is -2.10.